The van der Waals surface area contributed by atoms with E-state index in [4.69, 9.17) is 9.72 Å². The lowest BCUT2D eigenvalue weighted by Crippen LogP contribution is -2.50. The number of anilines is 1. The van der Waals surface area contributed by atoms with E-state index in [9.17, 15) is 18.0 Å². The fourth-order valence-electron chi connectivity index (χ4n) is 4.21. The van der Waals surface area contributed by atoms with E-state index in [-0.39, 0.29) is 43.6 Å². The highest BCUT2D eigenvalue weighted by atomic mass is 32.2. The number of carbonyl (C=O) groups excluding carboxylic acids is 2. The van der Waals surface area contributed by atoms with Crippen LogP contribution in [0.15, 0.2) is 77.7 Å². The van der Waals surface area contributed by atoms with E-state index in [1.807, 2.05) is 48.5 Å². The van der Waals surface area contributed by atoms with Gasteiger partial charge in [-0.05, 0) is 55.5 Å². The minimum atomic E-state index is -3.76. The van der Waals surface area contributed by atoms with Crippen molar-refractivity contribution >= 4 is 49.3 Å². The summed E-state index contributed by atoms with van der Waals surface area (Å²) in [6.07, 6.45) is -0.440. The Morgan fingerprint density at radius 2 is 1.63 bits per heavy atom. The summed E-state index contributed by atoms with van der Waals surface area (Å²) in [5, 5.41) is 3.73. The van der Waals surface area contributed by atoms with Crippen molar-refractivity contribution in [3.05, 3.63) is 78.4 Å². The van der Waals surface area contributed by atoms with E-state index in [0.717, 1.165) is 20.8 Å². The van der Waals surface area contributed by atoms with Crippen molar-refractivity contribution in [2.75, 3.05) is 38.1 Å². The molecule has 1 aromatic heterocycles. The van der Waals surface area contributed by atoms with Crippen LogP contribution in [0.4, 0.5) is 10.5 Å². The molecule has 3 aromatic carbocycles. The number of ether oxygens (including phenoxy) is 1. The lowest BCUT2D eigenvalue weighted by Gasteiger charge is -2.33. The number of nitrogens with zero attached hydrogens (tertiary/aromatic N) is 3. The Labute approximate surface area is 224 Å². The summed E-state index contributed by atoms with van der Waals surface area (Å²) >= 11 is 1.55. The number of carbonyl (C=O) groups is 2. The molecular weight excluding hydrogens is 524 g/mol. The van der Waals surface area contributed by atoms with Crippen LogP contribution in [0.2, 0.25) is 0 Å². The Balaban J connectivity index is 1.28. The van der Waals surface area contributed by atoms with Gasteiger partial charge < -0.3 is 15.0 Å². The molecule has 1 aliphatic heterocycles. The van der Waals surface area contributed by atoms with Gasteiger partial charge >= 0.3 is 6.09 Å². The molecule has 0 atom stereocenters. The number of amides is 2. The number of rotatable bonds is 6. The lowest BCUT2D eigenvalue weighted by molar-refractivity contribution is 0.0933. The van der Waals surface area contributed by atoms with Gasteiger partial charge in [-0.3, -0.25) is 4.79 Å². The van der Waals surface area contributed by atoms with Crippen molar-refractivity contribution in [1.82, 2.24) is 14.2 Å². The molecule has 196 valence electrons. The molecule has 11 heteroatoms. The Kier molecular flexibility index (Phi) is 7.41. The molecule has 1 fully saturated rings. The normalized spacial score (nSPS) is 14.4. The van der Waals surface area contributed by atoms with Crippen LogP contribution >= 0.6 is 11.3 Å². The van der Waals surface area contributed by atoms with Crippen LogP contribution in [0.3, 0.4) is 0 Å². The molecule has 2 heterocycles. The number of benzene rings is 3. The van der Waals surface area contributed by atoms with Crippen molar-refractivity contribution in [3.8, 4) is 10.6 Å². The molecule has 4 aromatic rings. The van der Waals surface area contributed by atoms with Crippen molar-refractivity contribution < 1.29 is 22.7 Å². The number of thiazole rings is 1. The predicted octanol–water partition coefficient (Wildman–Crippen LogP) is 4.68. The van der Waals surface area contributed by atoms with Gasteiger partial charge in [0.1, 0.15) is 5.01 Å². The fraction of sp³-hybridized carbons (Fsp3) is 0.222. The average Bonchev–Trinajstić information content (AvgIpc) is 3.38. The zero-order valence-electron chi connectivity index (χ0n) is 20.7. The standard InChI is InChI=1S/C27H26N4O5S2/c1-2-36-27(33)30-15-17-31(18-16-30)38(34,35)20-13-11-19(12-14-20)25(32)28-22-8-4-3-7-21(22)26-29-23-9-5-6-10-24(23)37-26/h3-14H,2,15-18H2,1H3,(H,28,32). The van der Waals surface area contributed by atoms with Gasteiger partial charge in [-0.15, -0.1) is 11.3 Å². The molecule has 9 nitrogen and oxygen atoms in total. The maximum Gasteiger partial charge on any atom is 0.409 e. The second-order valence-electron chi connectivity index (χ2n) is 8.60. The Morgan fingerprint density at radius 3 is 2.34 bits per heavy atom. The van der Waals surface area contributed by atoms with Gasteiger partial charge in [0.2, 0.25) is 10.0 Å². The Bertz CT molecular complexity index is 1540. The lowest BCUT2D eigenvalue weighted by atomic mass is 10.1. The largest absolute Gasteiger partial charge is 0.450 e. The van der Waals surface area contributed by atoms with Crippen LogP contribution in [0.5, 0.6) is 0 Å². The van der Waals surface area contributed by atoms with Crippen LogP contribution in [0.1, 0.15) is 17.3 Å². The molecule has 1 N–H and O–H groups in total. The smallest absolute Gasteiger partial charge is 0.409 e. The number of nitrogens with one attached hydrogen (secondary N) is 1. The zero-order valence-corrected chi connectivity index (χ0v) is 22.3. The zero-order chi connectivity index (χ0) is 26.7. The summed E-state index contributed by atoms with van der Waals surface area (Å²) in [6, 6.07) is 21.2. The highest BCUT2D eigenvalue weighted by Gasteiger charge is 2.30. The SMILES string of the molecule is CCOC(=O)N1CCN(S(=O)(=O)c2ccc(C(=O)Nc3ccccc3-c3nc4ccccc4s3)cc2)CC1. The van der Waals surface area contributed by atoms with E-state index in [2.05, 4.69) is 5.32 Å². The molecular formula is C27H26N4O5S2. The molecule has 5 rings (SSSR count). The summed E-state index contributed by atoms with van der Waals surface area (Å²) in [6.45, 7) is 2.85. The topological polar surface area (TPSA) is 109 Å². The monoisotopic (exact) mass is 550 g/mol. The van der Waals surface area contributed by atoms with Crippen LogP contribution in [0, 0.1) is 0 Å². The number of hydrogen-bond donors (Lipinski definition) is 1. The van der Waals surface area contributed by atoms with Crippen molar-refractivity contribution in [2.45, 2.75) is 11.8 Å². The summed E-state index contributed by atoms with van der Waals surface area (Å²) in [5.41, 5.74) is 2.65. The molecule has 0 radical (unpaired) electrons. The van der Waals surface area contributed by atoms with Crippen LogP contribution in [-0.2, 0) is 14.8 Å². The maximum absolute atomic E-state index is 13.1. The van der Waals surface area contributed by atoms with Gasteiger partial charge in [0, 0.05) is 37.3 Å². The van der Waals surface area contributed by atoms with Crippen LogP contribution in [-0.4, -0.2) is 67.4 Å². The van der Waals surface area contributed by atoms with E-state index in [0.29, 0.717) is 11.3 Å². The molecule has 0 bridgehead atoms. The van der Waals surface area contributed by atoms with Crippen LogP contribution in [0.25, 0.3) is 20.8 Å². The number of para-hydroxylation sites is 2. The average molecular weight is 551 g/mol. The molecule has 0 aliphatic carbocycles. The van der Waals surface area contributed by atoms with Crippen molar-refractivity contribution in [3.63, 3.8) is 0 Å². The Hall–Kier alpha value is -3.80. The van der Waals surface area contributed by atoms with Crippen molar-refractivity contribution in [1.29, 1.82) is 0 Å². The first-order valence-corrected chi connectivity index (χ1v) is 14.4. The number of piperazine rings is 1. The first-order valence-electron chi connectivity index (χ1n) is 12.1. The maximum atomic E-state index is 13.1. The third-order valence-corrected chi connectivity index (χ3v) is 9.20. The van der Waals surface area contributed by atoms with Crippen molar-refractivity contribution in [2.24, 2.45) is 0 Å². The summed E-state index contributed by atoms with van der Waals surface area (Å²) in [7, 11) is -3.76. The molecule has 0 spiro atoms. The first-order chi connectivity index (χ1) is 18.4. The highest BCUT2D eigenvalue weighted by Crippen LogP contribution is 2.34. The third-order valence-electron chi connectivity index (χ3n) is 6.22. The fourth-order valence-corrected chi connectivity index (χ4v) is 6.64. The van der Waals surface area contributed by atoms with Gasteiger partial charge in [0.15, 0.2) is 0 Å². The molecule has 0 unspecified atom stereocenters. The van der Waals surface area contributed by atoms with Gasteiger partial charge in [-0.1, -0.05) is 24.3 Å². The molecule has 0 saturated carbocycles. The van der Waals surface area contributed by atoms with Gasteiger partial charge in [0.25, 0.3) is 5.91 Å². The third kappa shape index (κ3) is 5.26. The molecule has 1 aliphatic rings. The number of sulfonamides is 1. The van der Waals surface area contributed by atoms with Gasteiger partial charge in [0.05, 0.1) is 27.4 Å². The Morgan fingerprint density at radius 1 is 0.947 bits per heavy atom. The van der Waals surface area contributed by atoms with E-state index in [1.165, 1.54) is 33.5 Å². The van der Waals surface area contributed by atoms with E-state index >= 15 is 0 Å². The first kappa shape index (κ1) is 25.8. The quantitative estimate of drug-likeness (QED) is 0.374. The number of fused-ring (bicyclic) bond motifs is 1. The summed E-state index contributed by atoms with van der Waals surface area (Å²) in [4.78, 5) is 31.2. The minimum absolute atomic E-state index is 0.0912. The van der Waals surface area contributed by atoms with E-state index in [1.54, 1.807) is 18.3 Å². The summed E-state index contributed by atoms with van der Waals surface area (Å²) < 4.78 is 33.6. The highest BCUT2D eigenvalue weighted by molar-refractivity contribution is 7.89. The second-order valence-corrected chi connectivity index (χ2v) is 11.6. The van der Waals surface area contributed by atoms with E-state index < -0.39 is 16.1 Å². The second kappa shape index (κ2) is 10.9. The summed E-state index contributed by atoms with van der Waals surface area (Å²) in [5.74, 6) is -0.356. The minimum Gasteiger partial charge on any atom is -0.450 e. The predicted molar refractivity (Wildman–Crippen MR) is 147 cm³/mol. The van der Waals surface area contributed by atoms with Gasteiger partial charge in [-0.25, -0.2) is 18.2 Å². The molecule has 2 amide bonds. The van der Waals surface area contributed by atoms with Gasteiger partial charge in [-0.2, -0.15) is 4.31 Å². The number of aromatic nitrogens is 1. The molecule has 38 heavy (non-hydrogen) atoms. The number of hydrogen-bond acceptors (Lipinski definition) is 7. The van der Waals surface area contributed by atoms with Crippen LogP contribution < -0.4 is 5.32 Å². The molecule has 1 saturated heterocycles.